The summed E-state index contributed by atoms with van der Waals surface area (Å²) in [5.74, 6) is 0.905. The minimum Gasteiger partial charge on any atom is -0.497 e. The van der Waals surface area contributed by atoms with E-state index in [0.717, 1.165) is 31.3 Å². The molecule has 2 aromatic rings. The summed E-state index contributed by atoms with van der Waals surface area (Å²) >= 11 is 0. The molecule has 112 valence electrons. The van der Waals surface area contributed by atoms with Gasteiger partial charge in [-0.2, -0.15) is 5.10 Å². The second-order valence-corrected chi connectivity index (χ2v) is 5.73. The number of benzene rings is 1. The van der Waals surface area contributed by atoms with E-state index in [9.17, 15) is 0 Å². The third-order valence-electron chi connectivity index (χ3n) is 4.13. The van der Waals surface area contributed by atoms with Gasteiger partial charge in [0.1, 0.15) is 5.75 Å². The Morgan fingerprint density at radius 2 is 2.05 bits per heavy atom. The normalized spacial score (nSPS) is 14.4. The standard InChI is InChI=1S/C17H23N3O/c1-13-15(11-18-16-5-6-16)12-19-20(13)10-9-14-3-7-17(21-2)8-4-14/h3-4,7-8,12,16,18H,5-6,9-11H2,1-2H3. The molecule has 0 atom stereocenters. The molecule has 1 heterocycles. The van der Waals surface area contributed by atoms with Crippen LogP contribution in [0.15, 0.2) is 30.5 Å². The number of nitrogens with zero attached hydrogens (tertiary/aromatic N) is 2. The van der Waals surface area contributed by atoms with E-state index in [1.807, 2.05) is 18.3 Å². The SMILES string of the molecule is COc1ccc(CCn2ncc(CNC3CC3)c2C)cc1. The lowest BCUT2D eigenvalue weighted by atomic mass is 10.1. The van der Waals surface area contributed by atoms with Crippen molar-refractivity contribution >= 4 is 0 Å². The molecule has 4 nitrogen and oxygen atoms in total. The molecule has 1 aliphatic carbocycles. The lowest BCUT2D eigenvalue weighted by Crippen LogP contribution is -2.16. The number of rotatable bonds is 7. The first-order valence-corrected chi connectivity index (χ1v) is 7.64. The van der Waals surface area contributed by atoms with Gasteiger partial charge in [-0.15, -0.1) is 0 Å². The molecular weight excluding hydrogens is 262 g/mol. The quantitative estimate of drug-likeness (QED) is 0.850. The first-order chi connectivity index (χ1) is 10.3. The van der Waals surface area contributed by atoms with Crippen LogP contribution in [0.25, 0.3) is 0 Å². The molecule has 0 unspecified atom stereocenters. The van der Waals surface area contributed by atoms with Crippen LogP contribution in [-0.4, -0.2) is 22.9 Å². The number of nitrogens with one attached hydrogen (secondary N) is 1. The first-order valence-electron chi connectivity index (χ1n) is 7.64. The van der Waals surface area contributed by atoms with E-state index in [0.29, 0.717) is 0 Å². The van der Waals surface area contributed by atoms with Gasteiger partial charge in [0.25, 0.3) is 0 Å². The van der Waals surface area contributed by atoms with Crippen molar-refractivity contribution in [1.29, 1.82) is 0 Å². The molecule has 4 heteroatoms. The fourth-order valence-corrected chi connectivity index (χ4v) is 2.45. The fourth-order valence-electron chi connectivity index (χ4n) is 2.45. The number of aromatic nitrogens is 2. The molecule has 3 rings (SSSR count). The third-order valence-corrected chi connectivity index (χ3v) is 4.13. The maximum absolute atomic E-state index is 5.18. The molecular formula is C17H23N3O. The highest BCUT2D eigenvalue weighted by molar-refractivity contribution is 5.27. The molecule has 1 aromatic carbocycles. The van der Waals surface area contributed by atoms with Gasteiger partial charge in [-0.3, -0.25) is 4.68 Å². The van der Waals surface area contributed by atoms with E-state index in [1.54, 1.807) is 7.11 Å². The van der Waals surface area contributed by atoms with E-state index < -0.39 is 0 Å². The van der Waals surface area contributed by atoms with Crippen molar-refractivity contribution < 1.29 is 4.74 Å². The van der Waals surface area contributed by atoms with Gasteiger partial charge in [-0.1, -0.05) is 12.1 Å². The number of methoxy groups -OCH3 is 1. The van der Waals surface area contributed by atoms with E-state index >= 15 is 0 Å². The maximum atomic E-state index is 5.18. The van der Waals surface area contributed by atoms with Gasteiger partial charge >= 0.3 is 0 Å². The molecule has 1 aliphatic rings. The van der Waals surface area contributed by atoms with Crippen LogP contribution in [-0.2, 0) is 19.5 Å². The average molecular weight is 285 g/mol. The van der Waals surface area contributed by atoms with Crippen molar-refractivity contribution in [1.82, 2.24) is 15.1 Å². The molecule has 1 N–H and O–H groups in total. The van der Waals surface area contributed by atoms with E-state index in [2.05, 4.69) is 34.2 Å². The highest BCUT2D eigenvalue weighted by Crippen LogP contribution is 2.20. The number of ether oxygens (including phenoxy) is 1. The largest absolute Gasteiger partial charge is 0.497 e. The van der Waals surface area contributed by atoms with Crippen LogP contribution in [0.5, 0.6) is 5.75 Å². The van der Waals surface area contributed by atoms with E-state index in [-0.39, 0.29) is 0 Å². The van der Waals surface area contributed by atoms with Crippen molar-refractivity contribution in [2.24, 2.45) is 0 Å². The number of hydrogen-bond acceptors (Lipinski definition) is 3. The molecule has 0 saturated heterocycles. The first kappa shape index (κ1) is 14.1. The minimum absolute atomic E-state index is 0.743. The highest BCUT2D eigenvalue weighted by Gasteiger charge is 2.20. The van der Waals surface area contributed by atoms with Gasteiger partial charge < -0.3 is 10.1 Å². The van der Waals surface area contributed by atoms with E-state index in [4.69, 9.17) is 4.74 Å². The monoisotopic (exact) mass is 285 g/mol. The zero-order chi connectivity index (χ0) is 14.7. The van der Waals surface area contributed by atoms with Crippen LogP contribution in [0.4, 0.5) is 0 Å². The van der Waals surface area contributed by atoms with Crippen LogP contribution < -0.4 is 10.1 Å². The van der Waals surface area contributed by atoms with Crippen LogP contribution in [0.2, 0.25) is 0 Å². The zero-order valence-corrected chi connectivity index (χ0v) is 12.8. The lowest BCUT2D eigenvalue weighted by molar-refractivity contribution is 0.414. The second-order valence-electron chi connectivity index (χ2n) is 5.73. The summed E-state index contributed by atoms with van der Waals surface area (Å²) in [7, 11) is 1.69. The van der Waals surface area contributed by atoms with Gasteiger partial charge in [0.05, 0.1) is 13.3 Å². The second kappa shape index (κ2) is 6.31. The zero-order valence-electron chi connectivity index (χ0n) is 12.8. The summed E-state index contributed by atoms with van der Waals surface area (Å²) in [5, 5.41) is 8.06. The van der Waals surface area contributed by atoms with Crippen molar-refractivity contribution in [2.45, 2.75) is 45.3 Å². The molecule has 21 heavy (non-hydrogen) atoms. The predicted molar refractivity (Wildman–Crippen MR) is 83.5 cm³/mol. The molecule has 0 bridgehead atoms. The molecule has 1 aromatic heterocycles. The van der Waals surface area contributed by atoms with Gasteiger partial charge in [-0.25, -0.2) is 0 Å². The van der Waals surface area contributed by atoms with Crippen LogP contribution >= 0.6 is 0 Å². The average Bonchev–Trinajstić information content (AvgIpc) is 3.28. The van der Waals surface area contributed by atoms with Crippen molar-refractivity contribution in [3.05, 3.63) is 47.3 Å². The Bertz CT molecular complexity index is 585. The molecule has 0 radical (unpaired) electrons. The number of aryl methyl sites for hydroxylation is 2. The molecule has 1 saturated carbocycles. The highest BCUT2D eigenvalue weighted by atomic mass is 16.5. The van der Waals surface area contributed by atoms with Crippen molar-refractivity contribution in [3.8, 4) is 5.75 Å². The van der Waals surface area contributed by atoms with Crippen molar-refractivity contribution in [3.63, 3.8) is 0 Å². The summed E-state index contributed by atoms with van der Waals surface area (Å²) in [6, 6.07) is 9.00. The van der Waals surface area contributed by atoms with Crippen molar-refractivity contribution in [2.75, 3.05) is 7.11 Å². The number of hydrogen-bond donors (Lipinski definition) is 1. The van der Waals surface area contributed by atoms with Gasteiger partial charge in [0.2, 0.25) is 0 Å². The minimum atomic E-state index is 0.743. The van der Waals surface area contributed by atoms with Gasteiger partial charge in [0, 0.05) is 30.4 Å². The predicted octanol–water partition coefficient (Wildman–Crippen LogP) is 2.69. The lowest BCUT2D eigenvalue weighted by Gasteiger charge is -2.07. The van der Waals surface area contributed by atoms with Crippen LogP contribution in [0, 0.1) is 6.92 Å². The van der Waals surface area contributed by atoms with Crippen LogP contribution in [0.1, 0.15) is 29.7 Å². The molecule has 0 amide bonds. The van der Waals surface area contributed by atoms with Gasteiger partial charge in [-0.05, 0) is 43.9 Å². The smallest absolute Gasteiger partial charge is 0.118 e. The fraction of sp³-hybridized carbons (Fsp3) is 0.471. The van der Waals surface area contributed by atoms with E-state index in [1.165, 1.54) is 29.7 Å². The maximum Gasteiger partial charge on any atom is 0.118 e. The molecule has 0 spiro atoms. The Kier molecular flexibility index (Phi) is 4.25. The Hall–Kier alpha value is -1.81. The summed E-state index contributed by atoms with van der Waals surface area (Å²) in [4.78, 5) is 0. The Morgan fingerprint density at radius 1 is 1.29 bits per heavy atom. The Labute approximate surface area is 126 Å². The Balaban J connectivity index is 1.56. The molecule has 0 aliphatic heterocycles. The topological polar surface area (TPSA) is 39.1 Å². The van der Waals surface area contributed by atoms with Crippen LogP contribution in [0.3, 0.4) is 0 Å². The summed E-state index contributed by atoms with van der Waals surface area (Å²) < 4.78 is 7.29. The summed E-state index contributed by atoms with van der Waals surface area (Å²) in [6.07, 6.45) is 5.63. The Morgan fingerprint density at radius 3 is 2.71 bits per heavy atom. The summed E-state index contributed by atoms with van der Waals surface area (Å²) in [6.45, 7) is 4.02. The van der Waals surface area contributed by atoms with Gasteiger partial charge in [0.15, 0.2) is 0 Å². The third kappa shape index (κ3) is 3.64. The summed E-state index contributed by atoms with van der Waals surface area (Å²) in [5.41, 5.74) is 3.90. The molecule has 1 fully saturated rings.